The van der Waals surface area contributed by atoms with Crippen LogP contribution in [0.2, 0.25) is 0 Å². The summed E-state index contributed by atoms with van der Waals surface area (Å²) in [6.07, 6.45) is -0.153. The summed E-state index contributed by atoms with van der Waals surface area (Å²) >= 11 is 3.35. The Kier molecular flexibility index (Phi) is 1.53. The average Bonchev–Trinajstić information content (AvgIpc) is 2.27. The third kappa shape index (κ3) is 1.20. The second kappa shape index (κ2) is 2.41. The molecule has 0 N–H and O–H groups in total. The molecule has 58 valence electrons. The van der Waals surface area contributed by atoms with Crippen molar-refractivity contribution in [2.24, 2.45) is 0 Å². The number of rotatable bonds is 0. The first-order valence-electron chi connectivity index (χ1n) is 3.38. The van der Waals surface area contributed by atoms with Crippen LogP contribution in [0.4, 0.5) is 0 Å². The molecular formula is C8H7BrO2. The van der Waals surface area contributed by atoms with Crippen molar-refractivity contribution in [3.63, 3.8) is 0 Å². The van der Waals surface area contributed by atoms with Gasteiger partial charge in [0.25, 0.3) is 0 Å². The summed E-state index contributed by atoms with van der Waals surface area (Å²) in [5.41, 5.74) is 0. The maximum atomic E-state index is 5.34. The Balaban J connectivity index is 2.43. The van der Waals surface area contributed by atoms with Gasteiger partial charge in [0.2, 0.25) is 6.29 Å². The molecule has 0 amide bonds. The molecule has 1 aliphatic rings. The van der Waals surface area contributed by atoms with Crippen LogP contribution in [-0.4, -0.2) is 6.29 Å². The minimum atomic E-state index is -0.153. The minimum absolute atomic E-state index is 0.153. The molecule has 1 aromatic rings. The Morgan fingerprint density at radius 2 is 2.00 bits per heavy atom. The van der Waals surface area contributed by atoms with E-state index in [9.17, 15) is 0 Å². The van der Waals surface area contributed by atoms with E-state index in [1.807, 2.05) is 25.1 Å². The first kappa shape index (κ1) is 6.98. The van der Waals surface area contributed by atoms with Crippen molar-refractivity contribution in [3.05, 3.63) is 22.7 Å². The molecule has 1 atom stereocenters. The summed E-state index contributed by atoms with van der Waals surface area (Å²) in [5.74, 6) is 1.63. The molecule has 1 aromatic carbocycles. The van der Waals surface area contributed by atoms with E-state index >= 15 is 0 Å². The van der Waals surface area contributed by atoms with Gasteiger partial charge in [0, 0.05) is 11.4 Å². The number of ether oxygens (including phenoxy) is 2. The second-order valence-corrected chi connectivity index (χ2v) is 3.31. The topological polar surface area (TPSA) is 18.5 Å². The van der Waals surface area contributed by atoms with Gasteiger partial charge >= 0.3 is 0 Å². The van der Waals surface area contributed by atoms with Crippen LogP contribution in [0.1, 0.15) is 6.92 Å². The lowest BCUT2D eigenvalue weighted by Gasteiger charge is -1.99. The van der Waals surface area contributed by atoms with Crippen molar-refractivity contribution in [2.75, 3.05) is 0 Å². The van der Waals surface area contributed by atoms with E-state index < -0.39 is 0 Å². The van der Waals surface area contributed by atoms with Crippen molar-refractivity contribution >= 4 is 15.9 Å². The third-order valence-electron chi connectivity index (χ3n) is 1.49. The highest BCUT2D eigenvalue weighted by Crippen LogP contribution is 2.36. The highest BCUT2D eigenvalue weighted by atomic mass is 79.9. The van der Waals surface area contributed by atoms with Gasteiger partial charge in [0.05, 0.1) is 0 Å². The quantitative estimate of drug-likeness (QED) is 0.662. The predicted molar refractivity (Wildman–Crippen MR) is 44.9 cm³/mol. The van der Waals surface area contributed by atoms with E-state index in [2.05, 4.69) is 15.9 Å². The van der Waals surface area contributed by atoms with Gasteiger partial charge in [-0.15, -0.1) is 0 Å². The Morgan fingerprint density at radius 1 is 1.27 bits per heavy atom. The summed E-state index contributed by atoms with van der Waals surface area (Å²) in [6.45, 7) is 1.87. The van der Waals surface area contributed by atoms with E-state index in [0.29, 0.717) is 0 Å². The van der Waals surface area contributed by atoms with Crippen molar-refractivity contribution in [1.29, 1.82) is 0 Å². The fourth-order valence-electron chi connectivity index (χ4n) is 1.05. The normalized spacial score (nSPS) is 20.4. The van der Waals surface area contributed by atoms with Gasteiger partial charge in [-0.3, -0.25) is 0 Å². The zero-order valence-electron chi connectivity index (χ0n) is 6.00. The molecule has 1 heterocycles. The lowest BCUT2D eigenvalue weighted by Crippen LogP contribution is -2.11. The molecule has 0 spiro atoms. The fraction of sp³-hybridized carbons (Fsp3) is 0.250. The molecule has 2 rings (SSSR count). The van der Waals surface area contributed by atoms with Gasteiger partial charge in [-0.1, -0.05) is 15.9 Å². The van der Waals surface area contributed by atoms with Crippen LogP contribution in [0.5, 0.6) is 11.5 Å². The van der Waals surface area contributed by atoms with Crippen LogP contribution >= 0.6 is 15.9 Å². The highest BCUT2D eigenvalue weighted by molar-refractivity contribution is 9.10. The lowest BCUT2D eigenvalue weighted by molar-refractivity contribution is 0.0678. The molecule has 0 fully saturated rings. The number of hydrogen-bond acceptors (Lipinski definition) is 2. The Labute approximate surface area is 73.3 Å². The first-order valence-corrected chi connectivity index (χ1v) is 4.18. The molecule has 2 nitrogen and oxygen atoms in total. The van der Waals surface area contributed by atoms with Gasteiger partial charge in [0.15, 0.2) is 11.5 Å². The molecule has 0 saturated heterocycles. The summed E-state index contributed by atoms with van der Waals surface area (Å²) in [5, 5.41) is 0. The van der Waals surface area contributed by atoms with E-state index in [1.165, 1.54) is 0 Å². The van der Waals surface area contributed by atoms with Crippen molar-refractivity contribution in [2.45, 2.75) is 13.2 Å². The Bertz CT molecular complexity index is 285. The third-order valence-corrected chi connectivity index (χ3v) is 1.98. The fourth-order valence-corrected chi connectivity index (χ4v) is 1.39. The summed E-state index contributed by atoms with van der Waals surface area (Å²) in [4.78, 5) is 0. The Hall–Kier alpha value is -0.700. The molecule has 1 aliphatic heterocycles. The van der Waals surface area contributed by atoms with Crippen LogP contribution in [0, 0.1) is 0 Å². The van der Waals surface area contributed by atoms with Crippen molar-refractivity contribution in [1.82, 2.24) is 0 Å². The summed E-state index contributed by atoms with van der Waals surface area (Å²) in [6, 6.07) is 5.72. The van der Waals surface area contributed by atoms with E-state index in [4.69, 9.17) is 9.47 Å². The van der Waals surface area contributed by atoms with Gasteiger partial charge in [-0.2, -0.15) is 0 Å². The van der Waals surface area contributed by atoms with Gasteiger partial charge in [-0.05, 0) is 18.2 Å². The number of fused-ring (bicyclic) bond motifs is 1. The Morgan fingerprint density at radius 3 is 2.82 bits per heavy atom. The summed E-state index contributed by atoms with van der Waals surface area (Å²) < 4.78 is 11.7. The molecule has 0 aromatic heterocycles. The van der Waals surface area contributed by atoms with Crippen molar-refractivity contribution in [3.8, 4) is 11.5 Å². The molecule has 3 heteroatoms. The molecule has 11 heavy (non-hydrogen) atoms. The lowest BCUT2D eigenvalue weighted by atomic mass is 10.3. The van der Waals surface area contributed by atoms with Crippen molar-refractivity contribution < 1.29 is 9.47 Å². The van der Waals surface area contributed by atoms with E-state index in [0.717, 1.165) is 16.0 Å². The SMILES string of the molecule is C[C@@H]1Oc2ccc(Br)cc2O1. The first-order chi connectivity index (χ1) is 5.25. The van der Waals surface area contributed by atoms with Crippen LogP contribution in [0.3, 0.4) is 0 Å². The minimum Gasteiger partial charge on any atom is -0.451 e. The standard InChI is InChI=1S/C8H7BrO2/c1-5-10-7-3-2-6(9)4-8(7)11-5/h2-5H,1H3/t5-/m1/s1. The van der Waals surface area contributed by atoms with Crippen LogP contribution in [0.25, 0.3) is 0 Å². The average molecular weight is 215 g/mol. The summed E-state index contributed by atoms with van der Waals surface area (Å²) in [7, 11) is 0. The monoisotopic (exact) mass is 214 g/mol. The van der Waals surface area contributed by atoms with E-state index in [-0.39, 0.29) is 6.29 Å². The predicted octanol–water partition coefficient (Wildman–Crippen LogP) is 2.57. The van der Waals surface area contributed by atoms with Crippen LogP contribution < -0.4 is 9.47 Å². The molecule has 0 aliphatic carbocycles. The van der Waals surface area contributed by atoms with Crippen LogP contribution in [0.15, 0.2) is 22.7 Å². The zero-order chi connectivity index (χ0) is 7.84. The van der Waals surface area contributed by atoms with Crippen LogP contribution in [-0.2, 0) is 0 Å². The van der Waals surface area contributed by atoms with Gasteiger partial charge in [-0.25, -0.2) is 0 Å². The number of benzene rings is 1. The van der Waals surface area contributed by atoms with E-state index in [1.54, 1.807) is 0 Å². The van der Waals surface area contributed by atoms with Gasteiger partial charge in [0.1, 0.15) is 0 Å². The second-order valence-electron chi connectivity index (χ2n) is 2.39. The van der Waals surface area contributed by atoms with Gasteiger partial charge < -0.3 is 9.47 Å². The molecular weight excluding hydrogens is 208 g/mol. The molecule has 0 radical (unpaired) electrons. The molecule has 0 unspecified atom stereocenters. The smallest absolute Gasteiger partial charge is 0.238 e. The molecule has 0 saturated carbocycles. The largest absolute Gasteiger partial charge is 0.451 e. The number of hydrogen-bond donors (Lipinski definition) is 0. The number of halogens is 1. The highest BCUT2D eigenvalue weighted by Gasteiger charge is 2.19. The zero-order valence-corrected chi connectivity index (χ0v) is 7.59. The molecule has 0 bridgehead atoms. The maximum Gasteiger partial charge on any atom is 0.238 e. The maximum absolute atomic E-state index is 5.34.